The van der Waals surface area contributed by atoms with E-state index in [-0.39, 0.29) is 11.3 Å². The Labute approximate surface area is 136 Å². The SMILES string of the molecule is O=C([O-])c1ccccc1N[C@H]1SC(=O)N(c2ccccc2)C1=O. The Morgan fingerprint density at radius 3 is 2.39 bits per heavy atom. The highest BCUT2D eigenvalue weighted by Gasteiger charge is 2.40. The van der Waals surface area contributed by atoms with Gasteiger partial charge in [0.15, 0.2) is 5.37 Å². The molecule has 2 amide bonds. The summed E-state index contributed by atoms with van der Waals surface area (Å²) in [6.45, 7) is 0. The molecule has 1 aliphatic heterocycles. The smallest absolute Gasteiger partial charge is 0.295 e. The van der Waals surface area contributed by atoms with Crippen molar-refractivity contribution in [1.29, 1.82) is 0 Å². The molecule has 2 aromatic rings. The fourth-order valence-electron chi connectivity index (χ4n) is 2.24. The average molecular weight is 327 g/mol. The van der Waals surface area contributed by atoms with Crippen LogP contribution in [0, 0.1) is 0 Å². The van der Waals surface area contributed by atoms with Crippen LogP contribution in [0.3, 0.4) is 0 Å². The number of benzene rings is 2. The lowest BCUT2D eigenvalue weighted by Gasteiger charge is -2.17. The van der Waals surface area contributed by atoms with Crippen molar-refractivity contribution in [1.82, 2.24) is 0 Å². The van der Waals surface area contributed by atoms with Crippen LogP contribution in [0.2, 0.25) is 0 Å². The number of carbonyl (C=O) groups excluding carboxylic acids is 3. The number of hydrogen-bond acceptors (Lipinski definition) is 6. The Kier molecular flexibility index (Phi) is 4.03. The van der Waals surface area contributed by atoms with E-state index in [0.717, 1.165) is 16.7 Å². The quantitative estimate of drug-likeness (QED) is 0.919. The molecule has 1 fully saturated rings. The first-order chi connectivity index (χ1) is 11.1. The van der Waals surface area contributed by atoms with Crippen molar-refractivity contribution in [3.8, 4) is 0 Å². The largest absolute Gasteiger partial charge is 0.545 e. The second-order valence-electron chi connectivity index (χ2n) is 4.75. The van der Waals surface area contributed by atoms with E-state index < -0.39 is 22.5 Å². The summed E-state index contributed by atoms with van der Waals surface area (Å²) in [5.41, 5.74) is 0.653. The number of carboxylic acid groups (broad SMARTS) is 1. The van der Waals surface area contributed by atoms with Crippen LogP contribution in [0.5, 0.6) is 0 Å². The summed E-state index contributed by atoms with van der Waals surface area (Å²) in [4.78, 5) is 36.7. The predicted octanol–water partition coefficient (Wildman–Crippen LogP) is 1.69. The molecule has 1 saturated heterocycles. The number of amides is 2. The van der Waals surface area contributed by atoms with Gasteiger partial charge in [0, 0.05) is 11.3 Å². The first kappa shape index (κ1) is 15.1. The number of nitrogens with zero attached hydrogens (tertiary/aromatic N) is 1. The summed E-state index contributed by atoms with van der Waals surface area (Å²) in [5, 5.41) is 12.6. The zero-order chi connectivity index (χ0) is 16.4. The van der Waals surface area contributed by atoms with Crippen LogP contribution in [0.25, 0.3) is 0 Å². The molecule has 0 aromatic heterocycles. The summed E-state index contributed by atoms with van der Waals surface area (Å²) >= 11 is 0.805. The van der Waals surface area contributed by atoms with Crippen LogP contribution in [-0.2, 0) is 4.79 Å². The van der Waals surface area contributed by atoms with Gasteiger partial charge in [0.25, 0.3) is 11.1 Å². The number of nitrogens with one attached hydrogen (secondary N) is 1. The van der Waals surface area contributed by atoms with Crippen molar-refractivity contribution in [2.75, 3.05) is 10.2 Å². The Morgan fingerprint density at radius 1 is 1.04 bits per heavy atom. The molecule has 116 valence electrons. The van der Waals surface area contributed by atoms with E-state index in [1.807, 2.05) is 0 Å². The molecule has 1 atom stereocenters. The van der Waals surface area contributed by atoms with Gasteiger partial charge in [-0.2, -0.15) is 0 Å². The lowest BCUT2D eigenvalue weighted by molar-refractivity contribution is -0.254. The topological polar surface area (TPSA) is 89.5 Å². The Balaban J connectivity index is 1.85. The standard InChI is InChI=1S/C16H12N2O4S/c19-14-13(17-12-9-5-4-8-11(12)15(20)21)23-16(22)18(14)10-6-2-1-3-7-10/h1-9,13,17H,(H,20,21)/p-1/t13-/m0/s1. The van der Waals surface area contributed by atoms with E-state index >= 15 is 0 Å². The van der Waals surface area contributed by atoms with Crippen molar-refractivity contribution in [2.24, 2.45) is 0 Å². The fourth-order valence-corrected chi connectivity index (χ4v) is 3.13. The molecular weight excluding hydrogens is 316 g/mol. The third kappa shape index (κ3) is 2.91. The molecule has 1 aliphatic rings. The second-order valence-corrected chi connectivity index (χ2v) is 5.81. The molecule has 6 nitrogen and oxygen atoms in total. The van der Waals surface area contributed by atoms with Gasteiger partial charge >= 0.3 is 0 Å². The molecule has 0 spiro atoms. The maximum atomic E-state index is 12.5. The van der Waals surface area contributed by atoms with Gasteiger partial charge in [-0.15, -0.1) is 0 Å². The van der Waals surface area contributed by atoms with E-state index in [4.69, 9.17) is 0 Å². The van der Waals surface area contributed by atoms with Crippen LogP contribution in [0.4, 0.5) is 16.2 Å². The zero-order valence-corrected chi connectivity index (χ0v) is 12.6. The van der Waals surface area contributed by atoms with E-state index in [9.17, 15) is 19.5 Å². The Bertz CT molecular complexity index is 779. The first-order valence-corrected chi connectivity index (χ1v) is 7.62. The second kappa shape index (κ2) is 6.13. The third-order valence-corrected chi connectivity index (χ3v) is 4.23. The van der Waals surface area contributed by atoms with Gasteiger partial charge in [0.2, 0.25) is 0 Å². The third-order valence-electron chi connectivity index (χ3n) is 3.29. The number of para-hydroxylation sites is 2. The van der Waals surface area contributed by atoms with Crippen LogP contribution in [-0.4, -0.2) is 22.5 Å². The van der Waals surface area contributed by atoms with Gasteiger partial charge in [0.05, 0.1) is 11.7 Å². The number of imide groups is 1. The van der Waals surface area contributed by atoms with Gasteiger partial charge in [-0.3, -0.25) is 9.59 Å². The molecule has 0 radical (unpaired) electrons. The number of carbonyl (C=O) groups is 3. The lowest BCUT2D eigenvalue weighted by atomic mass is 10.2. The Morgan fingerprint density at radius 2 is 1.70 bits per heavy atom. The number of thioether (sulfide) groups is 1. The minimum atomic E-state index is -1.35. The zero-order valence-electron chi connectivity index (χ0n) is 11.8. The minimum absolute atomic E-state index is 0.0634. The predicted molar refractivity (Wildman–Crippen MR) is 85.1 cm³/mol. The average Bonchev–Trinajstić information content (AvgIpc) is 2.82. The van der Waals surface area contributed by atoms with Crippen LogP contribution in [0.15, 0.2) is 54.6 Å². The number of anilines is 2. The van der Waals surface area contributed by atoms with Crippen LogP contribution in [0.1, 0.15) is 10.4 Å². The number of hydrogen-bond donors (Lipinski definition) is 1. The van der Waals surface area contributed by atoms with Crippen molar-refractivity contribution in [3.05, 3.63) is 60.2 Å². The Hall–Kier alpha value is -2.80. The lowest BCUT2D eigenvalue weighted by Crippen LogP contribution is -2.35. The van der Waals surface area contributed by atoms with Crippen LogP contribution < -0.4 is 15.3 Å². The number of rotatable bonds is 4. The molecule has 0 bridgehead atoms. The van der Waals surface area contributed by atoms with Gasteiger partial charge < -0.3 is 15.2 Å². The van der Waals surface area contributed by atoms with Crippen molar-refractivity contribution in [2.45, 2.75) is 5.37 Å². The normalized spacial score (nSPS) is 17.4. The minimum Gasteiger partial charge on any atom is -0.545 e. The maximum absolute atomic E-state index is 12.5. The summed E-state index contributed by atoms with van der Waals surface area (Å²) in [5.74, 6) is -1.80. The van der Waals surface area contributed by atoms with E-state index in [1.165, 1.54) is 12.1 Å². The van der Waals surface area contributed by atoms with Gasteiger partial charge in [-0.25, -0.2) is 4.90 Å². The van der Waals surface area contributed by atoms with E-state index in [2.05, 4.69) is 5.32 Å². The van der Waals surface area contributed by atoms with Gasteiger partial charge in [0.1, 0.15) is 0 Å². The summed E-state index contributed by atoms with van der Waals surface area (Å²) in [7, 11) is 0. The van der Waals surface area contributed by atoms with Crippen molar-refractivity contribution >= 4 is 40.3 Å². The van der Waals surface area contributed by atoms with Crippen molar-refractivity contribution < 1.29 is 19.5 Å². The van der Waals surface area contributed by atoms with E-state index in [0.29, 0.717) is 5.69 Å². The van der Waals surface area contributed by atoms with Gasteiger partial charge in [-0.05, 0) is 30.0 Å². The summed E-state index contributed by atoms with van der Waals surface area (Å²) in [6.07, 6.45) is 0. The molecule has 0 saturated carbocycles. The molecule has 1 heterocycles. The molecule has 23 heavy (non-hydrogen) atoms. The highest BCUT2D eigenvalue weighted by atomic mass is 32.2. The molecule has 0 unspecified atom stereocenters. The summed E-state index contributed by atoms with van der Waals surface area (Å²) in [6, 6.07) is 14.7. The number of carboxylic acids is 1. The molecular formula is C16H11N2O4S-. The highest BCUT2D eigenvalue weighted by Crippen LogP contribution is 2.32. The molecule has 0 aliphatic carbocycles. The van der Waals surface area contributed by atoms with Gasteiger partial charge in [-0.1, -0.05) is 36.4 Å². The molecule has 7 heteroatoms. The monoisotopic (exact) mass is 327 g/mol. The van der Waals surface area contributed by atoms with Crippen LogP contribution >= 0.6 is 11.8 Å². The molecule has 2 aromatic carbocycles. The fraction of sp³-hybridized carbons (Fsp3) is 0.0625. The van der Waals surface area contributed by atoms with Crippen molar-refractivity contribution in [3.63, 3.8) is 0 Å². The molecule has 3 rings (SSSR count). The highest BCUT2D eigenvalue weighted by molar-refractivity contribution is 8.16. The maximum Gasteiger partial charge on any atom is 0.295 e. The first-order valence-electron chi connectivity index (χ1n) is 6.74. The summed E-state index contributed by atoms with van der Waals surface area (Å²) < 4.78 is 0. The van der Waals surface area contributed by atoms with E-state index in [1.54, 1.807) is 42.5 Å². The number of aromatic carboxylic acids is 1. The molecule has 1 N–H and O–H groups in total.